The summed E-state index contributed by atoms with van der Waals surface area (Å²) in [6, 6.07) is 16.0. The van der Waals surface area contributed by atoms with Crippen molar-refractivity contribution in [1.29, 1.82) is 0 Å². The maximum absolute atomic E-state index is 12.8. The fourth-order valence-electron chi connectivity index (χ4n) is 4.11. The molecule has 1 aliphatic carbocycles. The Hall–Kier alpha value is -2.08. The lowest BCUT2D eigenvalue weighted by Crippen LogP contribution is -2.44. The van der Waals surface area contributed by atoms with Gasteiger partial charge in [-0.15, -0.1) is 0 Å². The van der Waals surface area contributed by atoms with Crippen LogP contribution in [0.4, 0.5) is 0 Å². The zero-order valence-electron chi connectivity index (χ0n) is 16.6. The Morgan fingerprint density at radius 2 is 1.93 bits per heavy atom. The lowest BCUT2D eigenvalue weighted by molar-refractivity contribution is -0.122. The molecule has 2 aliphatic rings. The number of benzene rings is 2. The maximum Gasteiger partial charge on any atom is 0.223 e. The molecule has 2 aromatic rings. The Bertz CT molecular complexity index is 836. The van der Waals surface area contributed by atoms with Gasteiger partial charge in [-0.1, -0.05) is 41.9 Å². The minimum atomic E-state index is 0.0103. The minimum absolute atomic E-state index is 0.0103. The van der Waals surface area contributed by atoms with Gasteiger partial charge in [0, 0.05) is 30.6 Å². The van der Waals surface area contributed by atoms with Crippen LogP contribution < -0.4 is 10.1 Å². The molecule has 1 saturated heterocycles. The van der Waals surface area contributed by atoms with Crippen LogP contribution in [0.25, 0.3) is 0 Å². The number of methoxy groups -OCH3 is 1. The monoisotopic (exact) mass is 414 g/mol. The van der Waals surface area contributed by atoms with Crippen molar-refractivity contribution < 1.29 is 14.3 Å². The van der Waals surface area contributed by atoms with Crippen molar-refractivity contribution in [2.45, 2.75) is 18.4 Å². The largest absolute Gasteiger partial charge is 0.497 e. The molecule has 154 valence electrons. The summed E-state index contributed by atoms with van der Waals surface area (Å²) in [6.45, 7) is 3.74. The molecule has 1 saturated carbocycles. The number of hydrogen-bond donors (Lipinski definition) is 1. The maximum atomic E-state index is 12.8. The van der Waals surface area contributed by atoms with Crippen molar-refractivity contribution in [3.63, 3.8) is 0 Å². The van der Waals surface area contributed by atoms with Gasteiger partial charge in [-0.05, 0) is 41.7 Å². The Kier molecular flexibility index (Phi) is 6.38. The van der Waals surface area contributed by atoms with E-state index in [1.807, 2.05) is 36.4 Å². The average Bonchev–Trinajstić information content (AvgIpc) is 3.56. The van der Waals surface area contributed by atoms with Gasteiger partial charge in [-0.3, -0.25) is 9.69 Å². The predicted octanol–water partition coefficient (Wildman–Crippen LogP) is 3.64. The summed E-state index contributed by atoms with van der Waals surface area (Å²) in [5, 5.41) is 3.94. The molecule has 6 heteroatoms. The van der Waals surface area contributed by atoms with Gasteiger partial charge < -0.3 is 14.8 Å². The fourth-order valence-corrected chi connectivity index (χ4v) is 4.38. The molecule has 5 nitrogen and oxygen atoms in total. The van der Waals surface area contributed by atoms with Gasteiger partial charge in [0.15, 0.2) is 0 Å². The lowest BCUT2D eigenvalue weighted by Gasteiger charge is -2.35. The van der Waals surface area contributed by atoms with E-state index in [0.717, 1.165) is 49.1 Å². The van der Waals surface area contributed by atoms with Crippen molar-refractivity contribution in [2.75, 3.05) is 40.0 Å². The number of amides is 1. The number of halogens is 1. The van der Waals surface area contributed by atoms with Crippen molar-refractivity contribution >= 4 is 17.5 Å². The van der Waals surface area contributed by atoms with Crippen LogP contribution in [-0.4, -0.2) is 50.8 Å². The molecule has 4 rings (SSSR count). The molecular formula is C23H27ClN2O3. The zero-order chi connectivity index (χ0) is 20.2. The van der Waals surface area contributed by atoms with E-state index in [9.17, 15) is 4.79 Å². The van der Waals surface area contributed by atoms with E-state index in [1.54, 1.807) is 7.11 Å². The first-order chi connectivity index (χ1) is 14.2. The fraction of sp³-hybridized carbons (Fsp3) is 0.435. The summed E-state index contributed by atoms with van der Waals surface area (Å²) in [5.41, 5.74) is 2.25. The van der Waals surface area contributed by atoms with Crippen molar-refractivity contribution in [3.8, 4) is 5.75 Å². The van der Waals surface area contributed by atoms with E-state index in [4.69, 9.17) is 21.1 Å². The first-order valence-electron chi connectivity index (χ1n) is 10.1. The molecule has 2 fully saturated rings. The summed E-state index contributed by atoms with van der Waals surface area (Å²) >= 11 is 6.30. The summed E-state index contributed by atoms with van der Waals surface area (Å²) in [5.74, 6) is 1.18. The highest BCUT2D eigenvalue weighted by molar-refractivity contribution is 6.31. The van der Waals surface area contributed by atoms with E-state index < -0.39 is 0 Å². The molecule has 1 amide bonds. The van der Waals surface area contributed by atoms with Crippen LogP contribution in [0.5, 0.6) is 5.75 Å². The molecule has 3 unspecified atom stereocenters. The normalized spacial score (nSPS) is 22.7. The summed E-state index contributed by atoms with van der Waals surface area (Å²) in [7, 11) is 1.67. The first kappa shape index (κ1) is 20.2. The third-order valence-corrected chi connectivity index (χ3v) is 6.23. The van der Waals surface area contributed by atoms with Crippen LogP contribution in [-0.2, 0) is 9.53 Å². The van der Waals surface area contributed by atoms with Gasteiger partial charge in [0.05, 0.1) is 26.4 Å². The van der Waals surface area contributed by atoms with E-state index in [2.05, 4.69) is 22.3 Å². The van der Waals surface area contributed by atoms with Crippen LogP contribution in [0.1, 0.15) is 29.5 Å². The standard InChI is InChI=1S/C23H27ClN2O3/c1-28-17-8-6-16(7-9-17)22(26-10-12-29-13-11-26)15-25-23(27)20-14-19(20)18-4-2-3-5-21(18)24/h2-9,19-20,22H,10-15H2,1H3,(H,25,27). The lowest BCUT2D eigenvalue weighted by atomic mass is 10.0. The molecule has 0 bridgehead atoms. The molecule has 0 aromatic heterocycles. The summed E-state index contributed by atoms with van der Waals surface area (Å²) in [4.78, 5) is 15.2. The number of carbonyl (C=O) groups excluding carboxylic acids is 1. The Balaban J connectivity index is 1.41. The minimum Gasteiger partial charge on any atom is -0.497 e. The number of carbonyl (C=O) groups is 1. The number of nitrogens with one attached hydrogen (secondary N) is 1. The van der Waals surface area contributed by atoms with Crippen LogP contribution in [0.15, 0.2) is 48.5 Å². The second-order valence-electron chi connectivity index (χ2n) is 7.65. The summed E-state index contributed by atoms with van der Waals surface area (Å²) in [6.07, 6.45) is 0.861. The van der Waals surface area contributed by atoms with Gasteiger partial charge in [0.2, 0.25) is 5.91 Å². The van der Waals surface area contributed by atoms with Gasteiger partial charge in [0.1, 0.15) is 5.75 Å². The van der Waals surface area contributed by atoms with Crippen LogP contribution in [0.2, 0.25) is 5.02 Å². The van der Waals surface area contributed by atoms with Crippen LogP contribution in [0, 0.1) is 5.92 Å². The van der Waals surface area contributed by atoms with E-state index in [-0.39, 0.29) is 23.8 Å². The molecule has 0 radical (unpaired) electrons. The quantitative estimate of drug-likeness (QED) is 0.751. The Morgan fingerprint density at radius 3 is 2.62 bits per heavy atom. The van der Waals surface area contributed by atoms with Gasteiger partial charge in [-0.25, -0.2) is 0 Å². The van der Waals surface area contributed by atoms with Gasteiger partial charge >= 0.3 is 0 Å². The Labute approximate surface area is 176 Å². The highest BCUT2D eigenvalue weighted by Crippen LogP contribution is 2.49. The van der Waals surface area contributed by atoms with Crippen molar-refractivity contribution in [2.24, 2.45) is 5.92 Å². The molecule has 3 atom stereocenters. The average molecular weight is 415 g/mol. The van der Waals surface area contributed by atoms with E-state index in [0.29, 0.717) is 6.54 Å². The van der Waals surface area contributed by atoms with E-state index in [1.165, 1.54) is 5.56 Å². The van der Waals surface area contributed by atoms with Crippen LogP contribution in [0.3, 0.4) is 0 Å². The number of morpholine rings is 1. The molecule has 29 heavy (non-hydrogen) atoms. The highest BCUT2D eigenvalue weighted by atomic mass is 35.5. The molecule has 2 aromatic carbocycles. The molecule has 1 aliphatic heterocycles. The number of nitrogens with zero attached hydrogens (tertiary/aromatic N) is 1. The summed E-state index contributed by atoms with van der Waals surface area (Å²) < 4.78 is 10.8. The van der Waals surface area contributed by atoms with Gasteiger partial charge in [0.25, 0.3) is 0 Å². The van der Waals surface area contributed by atoms with Gasteiger partial charge in [-0.2, -0.15) is 0 Å². The number of hydrogen-bond acceptors (Lipinski definition) is 4. The molecule has 1 heterocycles. The molecule has 0 spiro atoms. The highest BCUT2D eigenvalue weighted by Gasteiger charge is 2.44. The first-order valence-corrected chi connectivity index (χ1v) is 10.5. The predicted molar refractivity (Wildman–Crippen MR) is 113 cm³/mol. The Morgan fingerprint density at radius 1 is 1.21 bits per heavy atom. The SMILES string of the molecule is COc1ccc(C(CNC(=O)C2CC2c2ccccc2Cl)N2CCOCC2)cc1. The third-order valence-electron chi connectivity index (χ3n) is 5.89. The third kappa shape index (κ3) is 4.74. The topological polar surface area (TPSA) is 50.8 Å². The smallest absolute Gasteiger partial charge is 0.223 e. The van der Waals surface area contributed by atoms with Crippen LogP contribution >= 0.6 is 11.6 Å². The van der Waals surface area contributed by atoms with E-state index >= 15 is 0 Å². The van der Waals surface area contributed by atoms with Crippen molar-refractivity contribution in [3.05, 3.63) is 64.7 Å². The second-order valence-corrected chi connectivity index (χ2v) is 8.06. The van der Waals surface area contributed by atoms with Crippen molar-refractivity contribution in [1.82, 2.24) is 10.2 Å². The zero-order valence-corrected chi connectivity index (χ0v) is 17.4. The number of rotatable bonds is 7. The molecular weight excluding hydrogens is 388 g/mol. The molecule has 1 N–H and O–H groups in total. The number of ether oxygens (including phenoxy) is 2. The second kappa shape index (κ2) is 9.16.